The molecule has 0 saturated carbocycles. The molecule has 1 aliphatic heterocycles. The number of ether oxygens (including phenoxy) is 1. The molecule has 0 radical (unpaired) electrons. The number of nitrogens with zero attached hydrogens (tertiary/aromatic N) is 1. The van der Waals surface area contributed by atoms with Gasteiger partial charge in [-0.3, -0.25) is 4.79 Å². The molecular formula is C12H17NO2. The monoisotopic (exact) mass is 207 g/mol. The Morgan fingerprint density at radius 3 is 2.80 bits per heavy atom. The second-order valence-electron chi connectivity index (χ2n) is 4.14. The minimum absolute atomic E-state index is 0.154. The van der Waals surface area contributed by atoms with Crippen molar-refractivity contribution in [1.82, 2.24) is 4.90 Å². The van der Waals surface area contributed by atoms with Crippen LogP contribution in [-0.4, -0.2) is 37.1 Å². The van der Waals surface area contributed by atoms with E-state index in [-0.39, 0.29) is 5.91 Å². The standard InChI is InChI=1S/C12H17NO2/c1-10-2-4-11(5-3-10)12(14)13-6-8-15-9-7-13/h2,4-5,10H,3,6-9H2,1H3. The largest absolute Gasteiger partial charge is 0.378 e. The summed E-state index contributed by atoms with van der Waals surface area (Å²) in [5, 5.41) is 0. The number of hydrogen-bond acceptors (Lipinski definition) is 2. The van der Waals surface area contributed by atoms with Gasteiger partial charge in [0.25, 0.3) is 5.91 Å². The van der Waals surface area contributed by atoms with Gasteiger partial charge in [0.2, 0.25) is 0 Å². The molecule has 1 aliphatic carbocycles. The first kappa shape index (κ1) is 10.4. The van der Waals surface area contributed by atoms with Crippen molar-refractivity contribution in [3.8, 4) is 0 Å². The van der Waals surface area contributed by atoms with Gasteiger partial charge >= 0.3 is 0 Å². The molecule has 0 bridgehead atoms. The highest BCUT2D eigenvalue weighted by atomic mass is 16.5. The molecule has 0 spiro atoms. The van der Waals surface area contributed by atoms with Crippen LogP contribution < -0.4 is 0 Å². The van der Waals surface area contributed by atoms with Crippen LogP contribution in [0.25, 0.3) is 0 Å². The molecule has 3 heteroatoms. The first-order valence-electron chi connectivity index (χ1n) is 5.53. The number of hydrogen-bond donors (Lipinski definition) is 0. The summed E-state index contributed by atoms with van der Waals surface area (Å²) in [6.45, 7) is 4.93. The van der Waals surface area contributed by atoms with Gasteiger partial charge in [-0.2, -0.15) is 0 Å². The van der Waals surface area contributed by atoms with Crippen LogP contribution in [0.15, 0.2) is 23.8 Å². The van der Waals surface area contributed by atoms with E-state index < -0.39 is 0 Å². The van der Waals surface area contributed by atoms with Crippen molar-refractivity contribution in [2.45, 2.75) is 13.3 Å². The first-order chi connectivity index (χ1) is 7.27. The average Bonchev–Trinajstić information content (AvgIpc) is 2.30. The number of rotatable bonds is 1. The Bertz CT molecular complexity index is 301. The summed E-state index contributed by atoms with van der Waals surface area (Å²) in [7, 11) is 0. The van der Waals surface area contributed by atoms with E-state index in [1.807, 2.05) is 17.1 Å². The van der Waals surface area contributed by atoms with Gasteiger partial charge < -0.3 is 9.64 Å². The summed E-state index contributed by atoms with van der Waals surface area (Å²) >= 11 is 0. The van der Waals surface area contributed by atoms with Gasteiger partial charge in [0.1, 0.15) is 0 Å². The molecule has 2 aliphatic rings. The van der Waals surface area contributed by atoms with Crippen molar-refractivity contribution < 1.29 is 9.53 Å². The quantitative estimate of drug-likeness (QED) is 0.650. The van der Waals surface area contributed by atoms with E-state index in [1.54, 1.807) is 0 Å². The second kappa shape index (κ2) is 4.62. The number of amides is 1. The first-order valence-corrected chi connectivity index (χ1v) is 5.53. The topological polar surface area (TPSA) is 29.5 Å². The molecule has 3 nitrogen and oxygen atoms in total. The fraction of sp³-hybridized carbons (Fsp3) is 0.583. The van der Waals surface area contributed by atoms with Gasteiger partial charge in [-0.05, 0) is 12.3 Å². The Morgan fingerprint density at radius 1 is 1.47 bits per heavy atom. The summed E-state index contributed by atoms with van der Waals surface area (Å²) < 4.78 is 5.22. The van der Waals surface area contributed by atoms with Gasteiger partial charge in [-0.15, -0.1) is 0 Å². The van der Waals surface area contributed by atoms with Crippen molar-refractivity contribution in [2.24, 2.45) is 5.92 Å². The van der Waals surface area contributed by atoms with Gasteiger partial charge in [0, 0.05) is 18.7 Å². The zero-order valence-corrected chi connectivity index (χ0v) is 9.11. The molecule has 0 N–H and O–H groups in total. The maximum absolute atomic E-state index is 12.0. The maximum Gasteiger partial charge on any atom is 0.253 e. The highest BCUT2D eigenvalue weighted by Crippen LogP contribution is 2.17. The predicted octanol–water partition coefficient (Wildman–Crippen LogP) is 1.37. The SMILES string of the molecule is CC1C=CC(C(=O)N2CCOCC2)=CC1. The van der Waals surface area contributed by atoms with E-state index in [9.17, 15) is 4.79 Å². The summed E-state index contributed by atoms with van der Waals surface area (Å²) in [5.41, 5.74) is 0.843. The normalized spacial score (nSPS) is 26.3. The lowest BCUT2D eigenvalue weighted by Gasteiger charge is -2.27. The molecular weight excluding hydrogens is 190 g/mol. The van der Waals surface area contributed by atoms with Crippen LogP contribution in [0.4, 0.5) is 0 Å². The molecule has 1 amide bonds. The van der Waals surface area contributed by atoms with Crippen LogP contribution in [0.2, 0.25) is 0 Å². The molecule has 15 heavy (non-hydrogen) atoms. The Kier molecular flexibility index (Phi) is 3.21. The molecule has 0 aromatic heterocycles. The lowest BCUT2D eigenvalue weighted by molar-refractivity contribution is -0.130. The smallest absolute Gasteiger partial charge is 0.253 e. The highest BCUT2D eigenvalue weighted by Gasteiger charge is 2.20. The molecule has 0 aromatic carbocycles. The predicted molar refractivity (Wildman–Crippen MR) is 58.4 cm³/mol. The van der Waals surface area contributed by atoms with Gasteiger partial charge in [0.05, 0.1) is 13.2 Å². The van der Waals surface area contributed by atoms with Gasteiger partial charge in [0.15, 0.2) is 0 Å². The van der Waals surface area contributed by atoms with Crippen LogP contribution in [0.1, 0.15) is 13.3 Å². The minimum Gasteiger partial charge on any atom is -0.378 e. The number of carbonyl (C=O) groups excluding carboxylic acids is 1. The van der Waals surface area contributed by atoms with Crippen molar-refractivity contribution in [3.05, 3.63) is 23.8 Å². The number of allylic oxidation sites excluding steroid dienone is 2. The lowest BCUT2D eigenvalue weighted by atomic mass is 9.98. The molecule has 1 atom stereocenters. The summed E-state index contributed by atoms with van der Waals surface area (Å²) in [6, 6.07) is 0. The Labute approximate surface area is 90.4 Å². The highest BCUT2D eigenvalue weighted by molar-refractivity contribution is 5.96. The van der Waals surface area contributed by atoms with Gasteiger partial charge in [-0.1, -0.05) is 25.2 Å². The van der Waals surface area contributed by atoms with Crippen molar-refractivity contribution in [1.29, 1.82) is 0 Å². The summed E-state index contributed by atoms with van der Waals surface area (Å²) in [6.07, 6.45) is 7.07. The van der Waals surface area contributed by atoms with Crippen LogP contribution in [0.5, 0.6) is 0 Å². The Hall–Kier alpha value is -1.09. The Morgan fingerprint density at radius 2 is 2.20 bits per heavy atom. The van der Waals surface area contributed by atoms with E-state index in [2.05, 4.69) is 13.0 Å². The van der Waals surface area contributed by atoms with Crippen LogP contribution in [0, 0.1) is 5.92 Å². The lowest BCUT2D eigenvalue weighted by Crippen LogP contribution is -2.41. The molecule has 1 heterocycles. The zero-order valence-electron chi connectivity index (χ0n) is 9.11. The Balaban J connectivity index is 1.98. The van der Waals surface area contributed by atoms with E-state index in [4.69, 9.17) is 4.74 Å². The summed E-state index contributed by atoms with van der Waals surface area (Å²) in [4.78, 5) is 13.9. The van der Waals surface area contributed by atoms with E-state index in [0.717, 1.165) is 25.1 Å². The van der Waals surface area contributed by atoms with Gasteiger partial charge in [-0.25, -0.2) is 0 Å². The molecule has 1 saturated heterocycles. The van der Waals surface area contributed by atoms with Crippen LogP contribution in [-0.2, 0) is 9.53 Å². The fourth-order valence-electron chi connectivity index (χ4n) is 1.84. The van der Waals surface area contributed by atoms with E-state index in [0.29, 0.717) is 19.1 Å². The molecule has 1 fully saturated rings. The molecule has 82 valence electrons. The van der Waals surface area contributed by atoms with E-state index >= 15 is 0 Å². The summed E-state index contributed by atoms with van der Waals surface area (Å²) in [5.74, 6) is 0.715. The van der Waals surface area contributed by atoms with Crippen molar-refractivity contribution >= 4 is 5.91 Å². The fourth-order valence-corrected chi connectivity index (χ4v) is 1.84. The molecule has 1 unspecified atom stereocenters. The second-order valence-corrected chi connectivity index (χ2v) is 4.14. The van der Waals surface area contributed by atoms with Crippen molar-refractivity contribution in [3.63, 3.8) is 0 Å². The number of morpholine rings is 1. The number of carbonyl (C=O) groups is 1. The minimum atomic E-state index is 0.154. The van der Waals surface area contributed by atoms with Crippen molar-refractivity contribution in [2.75, 3.05) is 26.3 Å². The van der Waals surface area contributed by atoms with Crippen LogP contribution >= 0.6 is 0 Å². The third kappa shape index (κ3) is 2.48. The van der Waals surface area contributed by atoms with E-state index in [1.165, 1.54) is 0 Å². The third-order valence-electron chi connectivity index (χ3n) is 2.86. The maximum atomic E-state index is 12.0. The van der Waals surface area contributed by atoms with Crippen LogP contribution in [0.3, 0.4) is 0 Å². The molecule has 2 rings (SSSR count). The molecule has 0 aromatic rings. The average molecular weight is 207 g/mol. The zero-order chi connectivity index (χ0) is 10.7. The third-order valence-corrected chi connectivity index (χ3v) is 2.86.